The topological polar surface area (TPSA) is 29.9 Å². The van der Waals surface area contributed by atoms with E-state index in [2.05, 4.69) is 24.3 Å². The summed E-state index contributed by atoms with van der Waals surface area (Å²) < 4.78 is 1.96. The first-order valence-corrected chi connectivity index (χ1v) is 7.43. The molecule has 0 saturated carbocycles. The minimum atomic E-state index is 0.0942. The molecule has 1 N–H and O–H groups in total. The van der Waals surface area contributed by atoms with Crippen LogP contribution >= 0.6 is 23.2 Å². The Kier molecular flexibility index (Phi) is 5.08. The average Bonchev–Trinajstić information content (AvgIpc) is 2.88. The highest BCUT2D eigenvalue weighted by atomic mass is 35.5. The fraction of sp³-hybridized carbons (Fsp3) is 0.400. The van der Waals surface area contributed by atoms with Gasteiger partial charge in [-0.1, -0.05) is 35.3 Å². The number of benzene rings is 1. The van der Waals surface area contributed by atoms with E-state index < -0.39 is 0 Å². The largest absolute Gasteiger partial charge is 0.313 e. The molecule has 0 spiro atoms. The Balaban J connectivity index is 2.22. The molecule has 3 nitrogen and oxygen atoms in total. The zero-order valence-electron chi connectivity index (χ0n) is 11.9. The minimum Gasteiger partial charge on any atom is -0.313 e. The Labute approximate surface area is 129 Å². The smallest absolute Gasteiger partial charge is 0.0643 e. The highest BCUT2D eigenvalue weighted by molar-refractivity contribution is 6.42. The van der Waals surface area contributed by atoms with Gasteiger partial charge in [-0.3, -0.25) is 4.68 Å². The normalized spacial score (nSPS) is 12.9. The number of nitrogens with zero attached hydrogens (tertiary/aromatic N) is 2. The maximum atomic E-state index is 6.29. The molecule has 0 aliphatic heterocycles. The van der Waals surface area contributed by atoms with Crippen LogP contribution in [0, 0.1) is 0 Å². The number of nitrogens with one attached hydrogen (secondary N) is 1. The van der Waals surface area contributed by atoms with Crippen molar-refractivity contribution in [1.29, 1.82) is 0 Å². The van der Waals surface area contributed by atoms with E-state index in [-0.39, 0.29) is 6.04 Å². The highest BCUT2D eigenvalue weighted by Crippen LogP contribution is 2.31. The molecule has 5 heteroatoms. The van der Waals surface area contributed by atoms with Crippen molar-refractivity contribution < 1.29 is 0 Å². The molecule has 1 atom stereocenters. The molecule has 2 rings (SSSR count). The zero-order chi connectivity index (χ0) is 14.7. The molecule has 1 unspecified atom stereocenters. The molecule has 1 heterocycles. The van der Waals surface area contributed by atoms with E-state index in [1.807, 2.05) is 36.1 Å². The molecule has 0 fully saturated rings. The number of rotatable bonds is 5. The first-order chi connectivity index (χ1) is 9.52. The van der Waals surface area contributed by atoms with Gasteiger partial charge in [-0.25, -0.2) is 0 Å². The maximum Gasteiger partial charge on any atom is 0.0643 e. The van der Waals surface area contributed by atoms with Crippen LogP contribution in [0.4, 0.5) is 0 Å². The first kappa shape index (κ1) is 15.4. The fourth-order valence-electron chi connectivity index (χ4n) is 2.14. The highest BCUT2D eigenvalue weighted by Gasteiger charge is 2.16. The van der Waals surface area contributed by atoms with Gasteiger partial charge in [-0.15, -0.1) is 0 Å². The van der Waals surface area contributed by atoms with Crippen molar-refractivity contribution in [2.75, 3.05) is 7.05 Å². The van der Waals surface area contributed by atoms with E-state index in [0.29, 0.717) is 16.1 Å². The summed E-state index contributed by atoms with van der Waals surface area (Å²) in [6, 6.07) is 8.22. The van der Waals surface area contributed by atoms with Gasteiger partial charge in [0, 0.05) is 24.7 Å². The molecule has 20 heavy (non-hydrogen) atoms. The number of halogens is 2. The van der Waals surface area contributed by atoms with Gasteiger partial charge < -0.3 is 5.32 Å². The lowest BCUT2D eigenvalue weighted by atomic mass is 10.0. The molecular formula is C15H19Cl2N3. The molecule has 0 aliphatic carbocycles. The van der Waals surface area contributed by atoms with Crippen molar-refractivity contribution in [3.8, 4) is 0 Å². The summed E-state index contributed by atoms with van der Waals surface area (Å²) in [6.07, 6.45) is 2.78. The SMILES string of the molecule is CNC(Cc1ccn(C(C)C)n1)c1cccc(Cl)c1Cl. The summed E-state index contributed by atoms with van der Waals surface area (Å²) in [5.74, 6) is 0. The molecule has 0 amide bonds. The molecule has 2 aromatic rings. The number of likely N-dealkylation sites (N-methyl/N-ethyl adjacent to an activating group) is 1. The van der Waals surface area contributed by atoms with Gasteiger partial charge in [0.15, 0.2) is 0 Å². The third-order valence-electron chi connectivity index (χ3n) is 3.31. The van der Waals surface area contributed by atoms with Crippen LogP contribution in [0.15, 0.2) is 30.5 Å². The quantitative estimate of drug-likeness (QED) is 0.893. The second kappa shape index (κ2) is 6.61. The van der Waals surface area contributed by atoms with Crippen LogP contribution in [-0.4, -0.2) is 16.8 Å². The Bertz CT molecular complexity index is 578. The lowest BCUT2D eigenvalue weighted by molar-refractivity contribution is 0.515. The molecule has 1 aromatic carbocycles. The summed E-state index contributed by atoms with van der Waals surface area (Å²) in [5.41, 5.74) is 2.04. The molecule has 0 saturated heterocycles. The van der Waals surface area contributed by atoms with Gasteiger partial charge in [0.2, 0.25) is 0 Å². The summed E-state index contributed by atoms with van der Waals surface area (Å²) in [6.45, 7) is 4.22. The second-order valence-corrected chi connectivity index (χ2v) is 5.85. The molecule has 0 aliphatic rings. The van der Waals surface area contributed by atoms with Gasteiger partial charge in [-0.2, -0.15) is 5.10 Å². The number of aromatic nitrogens is 2. The predicted molar refractivity (Wildman–Crippen MR) is 84.6 cm³/mol. The lowest BCUT2D eigenvalue weighted by Crippen LogP contribution is -2.19. The third kappa shape index (κ3) is 3.35. The van der Waals surface area contributed by atoms with Crippen LogP contribution in [-0.2, 0) is 6.42 Å². The van der Waals surface area contributed by atoms with Gasteiger partial charge in [0.25, 0.3) is 0 Å². The number of hydrogen-bond donors (Lipinski definition) is 1. The van der Waals surface area contributed by atoms with Crippen molar-refractivity contribution in [3.05, 3.63) is 51.8 Å². The van der Waals surface area contributed by atoms with Crippen molar-refractivity contribution in [1.82, 2.24) is 15.1 Å². The summed E-state index contributed by atoms with van der Waals surface area (Å²) >= 11 is 12.4. The molecular weight excluding hydrogens is 293 g/mol. The van der Waals surface area contributed by atoms with Crippen LogP contribution in [0.2, 0.25) is 10.0 Å². The molecule has 108 valence electrons. The monoisotopic (exact) mass is 311 g/mol. The van der Waals surface area contributed by atoms with E-state index in [4.69, 9.17) is 23.2 Å². The lowest BCUT2D eigenvalue weighted by Gasteiger charge is -2.17. The Morgan fingerprint density at radius 2 is 2.00 bits per heavy atom. The van der Waals surface area contributed by atoms with Gasteiger partial charge in [-0.05, 0) is 38.6 Å². The van der Waals surface area contributed by atoms with Crippen molar-refractivity contribution >= 4 is 23.2 Å². The Hall–Kier alpha value is -1.03. The summed E-state index contributed by atoms with van der Waals surface area (Å²) in [4.78, 5) is 0. The minimum absolute atomic E-state index is 0.0942. The van der Waals surface area contributed by atoms with E-state index in [0.717, 1.165) is 17.7 Å². The van der Waals surface area contributed by atoms with E-state index in [9.17, 15) is 0 Å². The first-order valence-electron chi connectivity index (χ1n) is 6.68. The standard InChI is InChI=1S/C15H19Cl2N3/c1-10(2)20-8-7-11(19-20)9-14(18-3)12-5-4-6-13(16)15(12)17/h4-8,10,14,18H,9H2,1-3H3. The summed E-state index contributed by atoms with van der Waals surface area (Å²) in [5, 5.41) is 9.05. The Morgan fingerprint density at radius 3 is 2.60 bits per heavy atom. The van der Waals surface area contributed by atoms with E-state index in [1.54, 1.807) is 6.07 Å². The molecule has 0 radical (unpaired) electrons. The molecule has 0 bridgehead atoms. The molecule has 1 aromatic heterocycles. The van der Waals surface area contributed by atoms with E-state index in [1.165, 1.54) is 0 Å². The Morgan fingerprint density at radius 1 is 1.25 bits per heavy atom. The average molecular weight is 312 g/mol. The van der Waals surface area contributed by atoms with Gasteiger partial charge in [0.1, 0.15) is 0 Å². The van der Waals surface area contributed by atoms with Gasteiger partial charge in [0.05, 0.1) is 15.7 Å². The summed E-state index contributed by atoms with van der Waals surface area (Å²) in [7, 11) is 1.92. The van der Waals surface area contributed by atoms with Crippen molar-refractivity contribution in [2.45, 2.75) is 32.4 Å². The van der Waals surface area contributed by atoms with Crippen LogP contribution in [0.25, 0.3) is 0 Å². The zero-order valence-corrected chi connectivity index (χ0v) is 13.4. The second-order valence-electron chi connectivity index (χ2n) is 5.07. The maximum absolute atomic E-state index is 6.29. The van der Waals surface area contributed by atoms with E-state index >= 15 is 0 Å². The van der Waals surface area contributed by atoms with Crippen molar-refractivity contribution in [3.63, 3.8) is 0 Å². The number of hydrogen-bond acceptors (Lipinski definition) is 2. The van der Waals surface area contributed by atoms with Crippen molar-refractivity contribution in [2.24, 2.45) is 0 Å². The fourth-order valence-corrected chi connectivity index (χ4v) is 2.58. The van der Waals surface area contributed by atoms with Crippen LogP contribution < -0.4 is 5.32 Å². The third-order valence-corrected chi connectivity index (χ3v) is 4.14. The predicted octanol–water partition coefficient (Wildman–Crippen LogP) is 4.27. The van der Waals surface area contributed by atoms with Crippen LogP contribution in [0.1, 0.15) is 37.2 Å². The van der Waals surface area contributed by atoms with Crippen LogP contribution in [0.5, 0.6) is 0 Å². The van der Waals surface area contributed by atoms with Gasteiger partial charge >= 0.3 is 0 Å². The van der Waals surface area contributed by atoms with Crippen LogP contribution in [0.3, 0.4) is 0 Å².